The molecular formula is C22H22O6. The molecule has 0 bridgehead atoms. The third-order valence-corrected chi connectivity index (χ3v) is 5.22. The van der Waals surface area contributed by atoms with Gasteiger partial charge >= 0.3 is 5.97 Å². The molecule has 0 saturated heterocycles. The summed E-state index contributed by atoms with van der Waals surface area (Å²) in [7, 11) is 1.57. The summed E-state index contributed by atoms with van der Waals surface area (Å²) < 4.78 is 16.2. The number of aromatic hydroxyl groups is 2. The molecule has 6 nitrogen and oxygen atoms in total. The molecule has 146 valence electrons. The zero-order valence-corrected chi connectivity index (χ0v) is 15.8. The number of phenols is 2. The Hall–Kier alpha value is -2.83. The highest BCUT2D eigenvalue weighted by atomic mass is 16.7. The van der Waals surface area contributed by atoms with E-state index in [1.54, 1.807) is 31.4 Å². The number of methoxy groups -OCH3 is 1. The lowest BCUT2D eigenvalue weighted by Gasteiger charge is -2.28. The number of esters is 1. The van der Waals surface area contributed by atoms with Crippen molar-refractivity contribution in [3.8, 4) is 17.2 Å². The van der Waals surface area contributed by atoms with E-state index in [9.17, 15) is 15.0 Å². The maximum Gasteiger partial charge on any atom is 0.308 e. The van der Waals surface area contributed by atoms with Gasteiger partial charge in [0.2, 0.25) is 0 Å². The van der Waals surface area contributed by atoms with Crippen molar-refractivity contribution in [3.63, 3.8) is 0 Å². The molecule has 0 amide bonds. The lowest BCUT2D eigenvalue weighted by atomic mass is 9.84. The van der Waals surface area contributed by atoms with Crippen molar-refractivity contribution < 1.29 is 29.2 Å². The number of rotatable bonds is 4. The van der Waals surface area contributed by atoms with E-state index < -0.39 is 5.97 Å². The van der Waals surface area contributed by atoms with Gasteiger partial charge in [-0.05, 0) is 36.5 Å². The molecule has 3 aromatic carbocycles. The highest BCUT2D eigenvalue weighted by Crippen LogP contribution is 2.49. The van der Waals surface area contributed by atoms with Gasteiger partial charge in [0.15, 0.2) is 0 Å². The van der Waals surface area contributed by atoms with Gasteiger partial charge in [-0.25, -0.2) is 0 Å². The minimum atomic E-state index is -0.495. The number of aryl methyl sites for hydroxylation is 1. The zero-order chi connectivity index (χ0) is 19.8. The number of hydrogen-bond acceptors (Lipinski definition) is 6. The van der Waals surface area contributed by atoms with Gasteiger partial charge in [-0.15, -0.1) is 0 Å². The van der Waals surface area contributed by atoms with Crippen LogP contribution in [0.15, 0.2) is 30.3 Å². The van der Waals surface area contributed by atoms with E-state index in [-0.39, 0.29) is 30.1 Å². The standard InChI is InChI=1S/C22H22O6/c1-12(23)28-17-8-4-6-14-19(17)21(24)15-10-9-13-5-3-7-16(27-11-26-2)18(13)20(15)22(14)25/h4,6,8-10,16,24-25H,3,5,7,11H2,1-2H3. The Morgan fingerprint density at radius 3 is 2.61 bits per heavy atom. The first-order valence-electron chi connectivity index (χ1n) is 9.24. The molecule has 0 spiro atoms. The largest absolute Gasteiger partial charge is 0.507 e. The summed E-state index contributed by atoms with van der Waals surface area (Å²) in [6, 6.07) is 8.73. The first-order valence-corrected chi connectivity index (χ1v) is 9.24. The molecule has 6 heteroatoms. The Labute approximate surface area is 162 Å². The van der Waals surface area contributed by atoms with Gasteiger partial charge in [0, 0.05) is 30.2 Å². The SMILES string of the molecule is COCOC1CCCc2ccc3c(O)c4c(OC(C)=O)cccc4c(O)c3c21. The van der Waals surface area contributed by atoms with Gasteiger partial charge in [0.25, 0.3) is 0 Å². The van der Waals surface area contributed by atoms with Crippen LogP contribution in [0.1, 0.15) is 37.0 Å². The average molecular weight is 382 g/mol. The average Bonchev–Trinajstić information content (AvgIpc) is 2.69. The molecule has 0 fully saturated rings. The number of fused-ring (bicyclic) bond motifs is 4. The molecule has 1 atom stereocenters. The van der Waals surface area contributed by atoms with Crippen LogP contribution in [0.5, 0.6) is 17.2 Å². The van der Waals surface area contributed by atoms with Crippen LogP contribution in [0.4, 0.5) is 0 Å². The lowest BCUT2D eigenvalue weighted by molar-refractivity contribution is -0.131. The zero-order valence-electron chi connectivity index (χ0n) is 15.8. The van der Waals surface area contributed by atoms with Crippen LogP contribution < -0.4 is 4.74 Å². The fourth-order valence-electron chi connectivity index (χ4n) is 4.12. The Morgan fingerprint density at radius 1 is 1.11 bits per heavy atom. The molecule has 28 heavy (non-hydrogen) atoms. The fourth-order valence-corrected chi connectivity index (χ4v) is 4.12. The molecule has 1 unspecified atom stereocenters. The number of benzene rings is 3. The van der Waals surface area contributed by atoms with Gasteiger partial charge in [-0.1, -0.05) is 24.3 Å². The molecule has 1 aliphatic carbocycles. The van der Waals surface area contributed by atoms with Gasteiger partial charge in [-0.3, -0.25) is 4.79 Å². The number of carbonyl (C=O) groups is 1. The van der Waals surface area contributed by atoms with Crippen LogP contribution in [0.2, 0.25) is 0 Å². The summed E-state index contributed by atoms with van der Waals surface area (Å²) >= 11 is 0. The van der Waals surface area contributed by atoms with E-state index >= 15 is 0 Å². The van der Waals surface area contributed by atoms with Crippen LogP contribution >= 0.6 is 0 Å². The van der Waals surface area contributed by atoms with Gasteiger partial charge in [0.05, 0.1) is 11.5 Å². The van der Waals surface area contributed by atoms with E-state index in [1.165, 1.54) is 6.92 Å². The lowest BCUT2D eigenvalue weighted by Crippen LogP contribution is -2.15. The van der Waals surface area contributed by atoms with Gasteiger partial charge in [-0.2, -0.15) is 0 Å². The van der Waals surface area contributed by atoms with Crippen LogP contribution in [0, 0.1) is 0 Å². The van der Waals surface area contributed by atoms with Crippen LogP contribution in [-0.2, 0) is 20.7 Å². The maximum absolute atomic E-state index is 11.5. The highest BCUT2D eigenvalue weighted by molar-refractivity contribution is 6.14. The van der Waals surface area contributed by atoms with Crippen LogP contribution in [-0.4, -0.2) is 30.1 Å². The molecule has 4 rings (SSSR count). The third kappa shape index (κ3) is 2.95. The molecule has 0 saturated carbocycles. The third-order valence-electron chi connectivity index (χ3n) is 5.22. The summed E-state index contributed by atoms with van der Waals surface area (Å²) in [6.45, 7) is 1.45. The topological polar surface area (TPSA) is 85.2 Å². The second-order valence-corrected chi connectivity index (χ2v) is 6.98. The van der Waals surface area contributed by atoms with Crippen molar-refractivity contribution in [2.45, 2.75) is 32.3 Å². The van der Waals surface area contributed by atoms with E-state index in [4.69, 9.17) is 14.2 Å². The summed E-state index contributed by atoms with van der Waals surface area (Å²) in [4.78, 5) is 11.5. The number of ether oxygens (including phenoxy) is 3. The normalized spacial score (nSPS) is 16.3. The fraction of sp³-hybridized carbons (Fsp3) is 0.318. The minimum absolute atomic E-state index is 0.0292. The molecule has 0 radical (unpaired) electrons. The number of phenolic OH excluding ortho intramolecular Hbond substituents is 2. The molecule has 0 heterocycles. The quantitative estimate of drug-likeness (QED) is 0.230. The number of hydrogen-bond donors (Lipinski definition) is 2. The van der Waals surface area contributed by atoms with E-state index in [2.05, 4.69) is 0 Å². The summed E-state index contributed by atoms with van der Waals surface area (Å²) in [5, 5.41) is 24.0. The number of carbonyl (C=O) groups excluding carboxylic acids is 1. The van der Waals surface area contributed by atoms with Crippen LogP contribution in [0.25, 0.3) is 21.5 Å². The minimum Gasteiger partial charge on any atom is -0.507 e. The van der Waals surface area contributed by atoms with Crippen molar-refractivity contribution >= 4 is 27.5 Å². The van der Waals surface area contributed by atoms with Crippen molar-refractivity contribution in [3.05, 3.63) is 41.5 Å². The molecule has 0 aromatic heterocycles. The van der Waals surface area contributed by atoms with Gasteiger partial charge < -0.3 is 24.4 Å². The Balaban J connectivity index is 2.05. The highest BCUT2D eigenvalue weighted by Gasteiger charge is 2.27. The molecule has 1 aliphatic rings. The van der Waals surface area contributed by atoms with Crippen molar-refractivity contribution in [1.29, 1.82) is 0 Å². The second kappa shape index (κ2) is 7.30. The van der Waals surface area contributed by atoms with E-state index in [1.807, 2.05) is 6.07 Å². The Morgan fingerprint density at radius 2 is 1.86 bits per heavy atom. The maximum atomic E-state index is 11.5. The molecule has 3 aromatic rings. The van der Waals surface area contributed by atoms with Gasteiger partial charge in [0.1, 0.15) is 24.0 Å². The molecular weight excluding hydrogens is 360 g/mol. The predicted octanol–water partition coefficient (Wildman–Crippen LogP) is 4.33. The monoisotopic (exact) mass is 382 g/mol. The van der Waals surface area contributed by atoms with Crippen molar-refractivity contribution in [2.75, 3.05) is 13.9 Å². The van der Waals surface area contributed by atoms with E-state index in [0.717, 1.165) is 30.4 Å². The Kier molecular flexibility index (Phi) is 4.83. The first kappa shape index (κ1) is 18.5. The summed E-state index contributed by atoms with van der Waals surface area (Å²) in [5.74, 6) is -0.269. The van der Waals surface area contributed by atoms with Crippen LogP contribution in [0.3, 0.4) is 0 Å². The molecule has 0 aliphatic heterocycles. The van der Waals surface area contributed by atoms with Crippen molar-refractivity contribution in [2.24, 2.45) is 0 Å². The predicted molar refractivity (Wildman–Crippen MR) is 105 cm³/mol. The smallest absolute Gasteiger partial charge is 0.308 e. The summed E-state index contributed by atoms with van der Waals surface area (Å²) in [6.07, 6.45) is 2.43. The van der Waals surface area contributed by atoms with E-state index in [0.29, 0.717) is 21.5 Å². The second-order valence-electron chi connectivity index (χ2n) is 6.98. The first-order chi connectivity index (χ1) is 13.5. The summed E-state index contributed by atoms with van der Waals surface area (Å²) in [5.41, 5.74) is 1.97. The molecule has 2 N–H and O–H groups in total. The van der Waals surface area contributed by atoms with Crippen molar-refractivity contribution in [1.82, 2.24) is 0 Å². The Bertz CT molecular complexity index is 1070.